The summed E-state index contributed by atoms with van der Waals surface area (Å²) in [6.07, 6.45) is -1.000. The summed E-state index contributed by atoms with van der Waals surface area (Å²) in [4.78, 5) is 13.2. The number of benzene rings is 3. The van der Waals surface area contributed by atoms with Gasteiger partial charge in [-0.25, -0.2) is 12.8 Å². The van der Waals surface area contributed by atoms with Gasteiger partial charge in [-0.05, 0) is 66.8 Å². The minimum Gasteiger partial charge on any atom is -0.497 e. The molecule has 0 spiro atoms. The molecule has 0 aromatic heterocycles. The number of carbonyl (C=O) groups is 1. The lowest BCUT2D eigenvalue weighted by Gasteiger charge is -2.31. The van der Waals surface area contributed by atoms with Gasteiger partial charge in [0.25, 0.3) is 5.91 Å². The number of ether oxygens (including phenoxy) is 1. The van der Waals surface area contributed by atoms with Gasteiger partial charge in [0.2, 0.25) is 10.0 Å². The van der Waals surface area contributed by atoms with E-state index in [-0.39, 0.29) is 41.5 Å². The lowest BCUT2D eigenvalue weighted by atomic mass is 9.99. The number of methoxy groups -OCH3 is 1. The topological polar surface area (TPSA) is 95.9 Å². The fourth-order valence-electron chi connectivity index (χ4n) is 4.16. The zero-order chi connectivity index (χ0) is 27.9. The number of amides is 1. The van der Waals surface area contributed by atoms with E-state index in [2.05, 4.69) is 5.32 Å². The summed E-state index contributed by atoms with van der Waals surface area (Å²) in [7, 11) is -2.46. The zero-order valence-electron chi connectivity index (χ0n) is 22.1. The van der Waals surface area contributed by atoms with E-state index in [9.17, 15) is 22.7 Å². The number of aliphatic hydroxyl groups is 1. The smallest absolute Gasteiger partial charge is 0.251 e. The minimum absolute atomic E-state index is 0.0210. The Hall–Kier alpha value is -3.27. The first-order valence-electron chi connectivity index (χ1n) is 12.4. The van der Waals surface area contributed by atoms with Crippen molar-refractivity contribution in [2.24, 2.45) is 5.92 Å². The Balaban J connectivity index is 1.91. The van der Waals surface area contributed by atoms with Crippen molar-refractivity contribution in [2.75, 3.05) is 20.2 Å². The first-order chi connectivity index (χ1) is 18.0. The van der Waals surface area contributed by atoms with E-state index in [0.29, 0.717) is 5.75 Å². The largest absolute Gasteiger partial charge is 0.497 e. The van der Waals surface area contributed by atoms with Crippen LogP contribution in [0.1, 0.15) is 35.3 Å². The highest BCUT2D eigenvalue weighted by Crippen LogP contribution is 2.22. The van der Waals surface area contributed by atoms with Crippen molar-refractivity contribution in [3.8, 4) is 5.75 Å². The summed E-state index contributed by atoms with van der Waals surface area (Å²) in [5.74, 6) is -0.549. The molecule has 3 aromatic carbocycles. The van der Waals surface area contributed by atoms with E-state index < -0.39 is 33.9 Å². The fraction of sp³-hybridized carbons (Fsp3) is 0.345. The molecule has 0 aliphatic heterocycles. The number of halogens is 1. The lowest BCUT2D eigenvalue weighted by Crippen LogP contribution is -2.51. The monoisotopic (exact) mass is 542 g/mol. The highest BCUT2D eigenvalue weighted by molar-refractivity contribution is 7.89. The third-order valence-corrected chi connectivity index (χ3v) is 8.09. The summed E-state index contributed by atoms with van der Waals surface area (Å²) in [5.41, 5.74) is 1.20. The first kappa shape index (κ1) is 29.3. The second kappa shape index (κ2) is 13.0. The summed E-state index contributed by atoms with van der Waals surface area (Å²) in [6.45, 7) is 5.21. The molecule has 0 fully saturated rings. The van der Waals surface area contributed by atoms with Crippen molar-refractivity contribution in [3.63, 3.8) is 0 Å². The maximum absolute atomic E-state index is 14.1. The van der Waals surface area contributed by atoms with Gasteiger partial charge in [0, 0.05) is 18.7 Å². The SMILES string of the molecule is COc1ccc(S(=O)(=O)N(CC(C)C)C[C@@H](O)[C@H](Cc2ccccc2)NC(=O)c2cccc(F)c2C)cc1. The Labute approximate surface area is 224 Å². The van der Waals surface area contributed by atoms with Crippen LogP contribution in [0.25, 0.3) is 0 Å². The third-order valence-electron chi connectivity index (χ3n) is 6.25. The van der Waals surface area contributed by atoms with E-state index in [1.165, 1.54) is 48.7 Å². The Morgan fingerprint density at radius 3 is 2.26 bits per heavy atom. The van der Waals surface area contributed by atoms with Crippen molar-refractivity contribution >= 4 is 15.9 Å². The average molecular weight is 543 g/mol. The number of hydrogen-bond acceptors (Lipinski definition) is 5. The van der Waals surface area contributed by atoms with Gasteiger partial charge in [-0.2, -0.15) is 4.31 Å². The van der Waals surface area contributed by atoms with Crippen molar-refractivity contribution in [3.05, 3.63) is 95.3 Å². The van der Waals surface area contributed by atoms with Crippen LogP contribution in [0.4, 0.5) is 4.39 Å². The van der Waals surface area contributed by atoms with Gasteiger partial charge in [0.1, 0.15) is 11.6 Å². The molecule has 2 N–H and O–H groups in total. The molecule has 0 radical (unpaired) electrons. The second-order valence-electron chi connectivity index (χ2n) is 9.64. The van der Waals surface area contributed by atoms with Crippen LogP contribution in [0, 0.1) is 18.7 Å². The number of nitrogens with one attached hydrogen (secondary N) is 1. The van der Waals surface area contributed by atoms with Crippen LogP contribution in [0.3, 0.4) is 0 Å². The molecule has 3 aromatic rings. The molecular weight excluding hydrogens is 507 g/mol. The molecule has 0 bridgehead atoms. The van der Waals surface area contributed by atoms with Crippen molar-refractivity contribution < 1.29 is 27.4 Å². The maximum atomic E-state index is 14.1. The number of aliphatic hydroxyl groups excluding tert-OH is 1. The molecule has 3 rings (SSSR count). The fourth-order valence-corrected chi connectivity index (χ4v) is 5.78. The van der Waals surface area contributed by atoms with Crippen molar-refractivity contribution in [1.29, 1.82) is 0 Å². The van der Waals surface area contributed by atoms with Gasteiger partial charge < -0.3 is 15.2 Å². The highest BCUT2D eigenvalue weighted by Gasteiger charge is 2.31. The van der Waals surface area contributed by atoms with Crippen LogP contribution in [0.2, 0.25) is 0 Å². The van der Waals surface area contributed by atoms with Crippen LogP contribution in [0.15, 0.2) is 77.7 Å². The van der Waals surface area contributed by atoms with Crippen LogP contribution >= 0.6 is 0 Å². The minimum atomic E-state index is -3.96. The molecule has 9 heteroatoms. The van der Waals surface area contributed by atoms with Gasteiger partial charge in [0.15, 0.2) is 0 Å². The van der Waals surface area contributed by atoms with Gasteiger partial charge in [0.05, 0.1) is 24.2 Å². The van der Waals surface area contributed by atoms with Crippen molar-refractivity contribution in [2.45, 2.75) is 44.2 Å². The Morgan fingerprint density at radius 1 is 1.00 bits per heavy atom. The summed E-state index contributed by atoms with van der Waals surface area (Å²) in [6, 6.07) is 18.7. The lowest BCUT2D eigenvalue weighted by molar-refractivity contribution is 0.0775. The van der Waals surface area contributed by atoms with E-state index in [1.807, 2.05) is 44.2 Å². The van der Waals surface area contributed by atoms with E-state index in [0.717, 1.165) is 5.56 Å². The Morgan fingerprint density at radius 2 is 1.66 bits per heavy atom. The molecular formula is C29H35FN2O5S. The Kier molecular flexibility index (Phi) is 10.0. The molecule has 0 unspecified atom stereocenters. The molecule has 1 amide bonds. The normalized spacial score (nSPS) is 13.4. The maximum Gasteiger partial charge on any atom is 0.251 e. The predicted octanol–water partition coefficient (Wildman–Crippen LogP) is 4.19. The number of carbonyl (C=O) groups excluding carboxylic acids is 1. The molecule has 0 saturated heterocycles. The molecule has 0 saturated carbocycles. The quantitative estimate of drug-likeness (QED) is 0.358. The van der Waals surface area contributed by atoms with Gasteiger partial charge in [-0.15, -0.1) is 0 Å². The highest BCUT2D eigenvalue weighted by atomic mass is 32.2. The van der Waals surface area contributed by atoms with E-state index in [4.69, 9.17) is 4.74 Å². The molecule has 204 valence electrons. The standard InChI is InChI=1S/C29H35FN2O5S/c1-20(2)18-32(38(35,36)24-15-13-23(37-4)14-16-24)19-28(33)27(17-22-9-6-5-7-10-22)31-29(34)25-11-8-12-26(30)21(25)3/h5-16,20,27-28,33H,17-19H2,1-4H3,(H,31,34)/t27-,28+/m0/s1. The third kappa shape index (κ3) is 7.40. The molecule has 0 aliphatic rings. The molecule has 0 aliphatic carbocycles. The van der Waals surface area contributed by atoms with Gasteiger partial charge >= 0.3 is 0 Å². The van der Waals surface area contributed by atoms with Crippen LogP contribution in [-0.4, -0.2) is 56.1 Å². The number of rotatable bonds is 12. The predicted molar refractivity (Wildman–Crippen MR) is 145 cm³/mol. The first-order valence-corrected chi connectivity index (χ1v) is 13.9. The van der Waals surface area contributed by atoms with Crippen LogP contribution in [-0.2, 0) is 16.4 Å². The number of hydrogen-bond donors (Lipinski definition) is 2. The van der Waals surface area contributed by atoms with Gasteiger partial charge in [-0.3, -0.25) is 4.79 Å². The molecule has 7 nitrogen and oxygen atoms in total. The van der Waals surface area contributed by atoms with E-state index >= 15 is 0 Å². The number of sulfonamides is 1. The van der Waals surface area contributed by atoms with Crippen LogP contribution < -0.4 is 10.1 Å². The van der Waals surface area contributed by atoms with Crippen molar-refractivity contribution in [1.82, 2.24) is 9.62 Å². The molecule has 2 atom stereocenters. The summed E-state index contributed by atoms with van der Waals surface area (Å²) in [5, 5.41) is 14.2. The van der Waals surface area contributed by atoms with Crippen LogP contribution in [0.5, 0.6) is 5.75 Å². The average Bonchev–Trinajstić information content (AvgIpc) is 2.89. The van der Waals surface area contributed by atoms with E-state index in [1.54, 1.807) is 12.1 Å². The van der Waals surface area contributed by atoms with Gasteiger partial charge in [-0.1, -0.05) is 50.2 Å². The summed E-state index contributed by atoms with van der Waals surface area (Å²) < 4.78 is 47.6. The number of nitrogens with zero attached hydrogens (tertiary/aromatic N) is 1. The molecule has 38 heavy (non-hydrogen) atoms. The Bertz CT molecular complexity index is 1310. The molecule has 0 heterocycles. The summed E-state index contributed by atoms with van der Waals surface area (Å²) >= 11 is 0. The second-order valence-corrected chi connectivity index (χ2v) is 11.6. The zero-order valence-corrected chi connectivity index (χ0v) is 22.9.